The lowest BCUT2D eigenvalue weighted by Gasteiger charge is -2.01. The molecule has 0 aromatic rings. The fraction of sp³-hybridized carbons (Fsp3) is 0.706. The van der Waals surface area contributed by atoms with Gasteiger partial charge in [-0.05, 0) is 25.3 Å². The summed E-state index contributed by atoms with van der Waals surface area (Å²) >= 11 is 0. The summed E-state index contributed by atoms with van der Waals surface area (Å²) in [6, 6.07) is 0. The molecule has 0 saturated heterocycles. The molecule has 0 atom stereocenters. The van der Waals surface area contributed by atoms with Crippen LogP contribution in [0, 0.1) is 11.8 Å². The summed E-state index contributed by atoms with van der Waals surface area (Å²) in [5.41, 5.74) is 0. The van der Waals surface area contributed by atoms with Crippen molar-refractivity contribution in [2.45, 2.75) is 71.6 Å². The zero-order chi connectivity index (χ0) is 14.2. The topological polar surface area (TPSA) is 26.3 Å². The van der Waals surface area contributed by atoms with Crippen LogP contribution < -0.4 is 0 Å². The minimum absolute atomic E-state index is 0.178. The van der Waals surface area contributed by atoms with Gasteiger partial charge in [-0.3, -0.25) is 4.79 Å². The number of esters is 1. The van der Waals surface area contributed by atoms with Gasteiger partial charge in [0.15, 0.2) is 0 Å². The molecule has 0 aromatic heterocycles. The highest BCUT2D eigenvalue weighted by Gasteiger charge is 1.93. The third kappa shape index (κ3) is 16.8. The molecule has 108 valence electrons. The average Bonchev–Trinajstić information content (AvgIpc) is 2.39. The van der Waals surface area contributed by atoms with Crippen LogP contribution in [0.2, 0.25) is 0 Å². The molecule has 0 saturated carbocycles. The maximum atomic E-state index is 10.5. The predicted molar refractivity (Wildman–Crippen MR) is 80.8 cm³/mol. The average molecular weight is 264 g/mol. The molecule has 19 heavy (non-hydrogen) atoms. The lowest BCUT2D eigenvalue weighted by atomic mass is 10.1. The second-order valence-corrected chi connectivity index (χ2v) is 4.72. The number of hydrogen-bond donors (Lipinski definition) is 0. The van der Waals surface area contributed by atoms with E-state index in [-0.39, 0.29) is 5.97 Å². The summed E-state index contributed by atoms with van der Waals surface area (Å²) in [4.78, 5) is 10.5. The molecule has 0 aliphatic rings. The number of ether oxygens (including phenoxy) is 1. The van der Waals surface area contributed by atoms with Gasteiger partial charge >= 0.3 is 5.97 Å². The normalized spacial score (nSPS) is 10.2. The van der Waals surface area contributed by atoms with Crippen LogP contribution in [0.25, 0.3) is 0 Å². The van der Waals surface area contributed by atoms with E-state index in [1.54, 1.807) is 0 Å². The van der Waals surface area contributed by atoms with Gasteiger partial charge in [0.1, 0.15) is 0 Å². The molecule has 0 aromatic carbocycles. The number of hydrogen-bond acceptors (Lipinski definition) is 2. The molecule has 0 fully saturated rings. The lowest BCUT2D eigenvalue weighted by molar-refractivity contribution is -0.141. The van der Waals surface area contributed by atoms with Crippen LogP contribution in [0.5, 0.6) is 0 Å². The summed E-state index contributed by atoms with van der Waals surface area (Å²) in [7, 11) is 0. The van der Waals surface area contributed by atoms with Crippen molar-refractivity contribution in [3.63, 3.8) is 0 Å². The number of carbonyl (C=O) groups is 1. The zero-order valence-electron chi connectivity index (χ0n) is 12.5. The third-order valence-electron chi connectivity index (χ3n) is 2.78. The number of rotatable bonds is 10. The van der Waals surface area contributed by atoms with Crippen LogP contribution in [0.4, 0.5) is 0 Å². The quantitative estimate of drug-likeness (QED) is 0.326. The standard InChI is InChI=1S/C17H28O2/c1-3-4-5-6-7-8-9-10-11-12-13-14-15-16-19-17(2)18/h6-7H,3-5,10-16H2,1-2H3. The monoisotopic (exact) mass is 264 g/mol. The minimum Gasteiger partial charge on any atom is -0.466 e. The van der Waals surface area contributed by atoms with E-state index in [9.17, 15) is 4.79 Å². The molecule has 0 N–H and O–H groups in total. The van der Waals surface area contributed by atoms with Crippen molar-refractivity contribution in [1.29, 1.82) is 0 Å². The van der Waals surface area contributed by atoms with Crippen molar-refractivity contribution in [3.05, 3.63) is 12.2 Å². The Bertz CT molecular complexity index is 294. The Balaban J connectivity index is 3.20. The Morgan fingerprint density at radius 3 is 2.58 bits per heavy atom. The fourth-order valence-corrected chi connectivity index (χ4v) is 1.66. The van der Waals surface area contributed by atoms with Crippen LogP contribution in [-0.4, -0.2) is 12.6 Å². The van der Waals surface area contributed by atoms with Gasteiger partial charge in [0, 0.05) is 13.3 Å². The fourth-order valence-electron chi connectivity index (χ4n) is 1.66. The van der Waals surface area contributed by atoms with Crippen molar-refractivity contribution in [3.8, 4) is 11.8 Å². The molecule has 2 heteroatoms. The minimum atomic E-state index is -0.178. The Morgan fingerprint density at radius 2 is 1.84 bits per heavy atom. The van der Waals surface area contributed by atoms with Crippen LogP contribution >= 0.6 is 0 Å². The van der Waals surface area contributed by atoms with E-state index in [2.05, 4.69) is 24.8 Å². The number of unbranched alkanes of at least 4 members (excludes halogenated alkanes) is 7. The maximum Gasteiger partial charge on any atom is 0.302 e. The van der Waals surface area contributed by atoms with Crippen molar-refractivity contribution < 1.29 is 9.53 Å². The van der Waals surface area contributed by atoms with E-state index in [0.29, 0.717) is 6.61 Å². The molecule has 0 spiro atoms. The molecule has 0 aliphatic carbocycles. The van der Waals surface area contributed by atoms with E-state index >= 15 is 0 Å². The maximum absolute atomic E-state index is 10.5. The van der Waals surface area contributed by atoms with E-state index in [0.717, 1.165) is 25.7 Å². The molecular weight excluding hydrogens is 236 g/mol. The molecule has 0 amide bonds. The first-order chi connectivity index (χ1) is 9.27. The summed E-state index contributed by atoms with van der Waals surface area (Å²) < 4.78 is 4.87. The van der Waals surface area contributed by atoms with Crippen molar-refractivity contribution in [2.24, 2.45) is 0 Å². The van der Waals surface area contributed by atoms with Gasteiger partial charge < -0.3 is 4.74 Å². The van der Waals surface area contributed by atoms with Gasteiger partial charge in [-0.15, -0.1) is 0 Å². The summed E-state index contributed by atoms with van der Waals surface area (Å²) in [5.74, 6) is 6.07. The largest absolute Gasteiger partial charge is 0.466 e. The molecule has 0 rings (SSSR count). The number of allylic oxidation sites excluding steroid dienone is 2. The van der Waals surface area contributed by atoms with Crippen LogP contribution in [0.3, 0.4) is 0 Å². The molecule has 2 nitrogen and oxygen atoms in total. The first-order valence-corrected chi connectivity index (χ1v) is 7.54. The second kappa shape index (κ2) is 14.8. The van der Waals surface area contributed by atoms with Gasteiger partial charge in [-0.1, -0.05) is 56.9 Å². The summed E-state index contributed by atoms with van der Waals surface area (Å²) in [6.07, 6.45) is 14.5. The van der Waals surface area contributed by atoms with Crippen molar-refractivity contribution in [1.82, 2.24) is 0 Å². The van der Waals surface area contributed by atoms with Crippen molar-refractivity contribution >= 4 is 5.97 Å². The van der Waals surface area contributed by atoms with Gasteiger partial charge in [-0.2, -0.15) is 0 Å². The lowest BCUT2D eigenvalue weighted by Crippen LogP contribution is -1.99. The van der Waals surface area contributed by atoms with E-state index in [1.807, 2.05) is 6.08 Å². The van der Waals surface area contributed by atoms with Gasteiger partial charge in [0.25, 0.3) is 0 Å². The first-order valence-electron chi connectivity index (χ1n) is 7.54. The highest BCUT2D eigenvalue weighted by atomic mass is 16.5. The molecule has 0 heterocycles. The molecule has 0 radical (unpaired) electrons. The Morgan fingerprint density at radius 1 is 1.11 bits per heavy atom. The highest BCUT2D eigenvalue weighted by Crippen LogP contribution is 2.05. The summed E-state index contributed by atoms with van der Waals surface area (Å²) in [5, 5.41) is 0. The molecule has 0 bridgehead atoms. The molecule has 0 unspecified atom stereocenters. The smallest absolute Gasteiger partial charge is 0.302 e. The predicted octanol–water partition coefficient (Wildman–Crippen LogP) is 4.64. The molecule has 0 aliphatic heterocycles. The Hall–Kier alpha value is -1.23. The van der Waals surface area contributed by atoms with Gasteiger partial charge in [-0.25, -0.2) is 0 Å². The van der Waals surface area contributed by atoms with Gasteiger partial charge in [0.2, 0.25) is 0 Å². The van der Waals surface area contributed by atoms with E-state index in [1.165, 1.54) is 39.0 Å². The second-order valence-electron chi connectivity index (χ2n) is 4.72. The Labute approximate surface area is 118 Å². The molecular formula is C17H28O2. The van der Waals surface area contributed by atoms with E-state index in [4.69, 9.17) is 4.74 Å². The van der Waals surface area contributed by atoms with Crippen LogP contribution in [0.15, 0.2) is 12.2 Å². The third-order valence-corrected chi connectivity index (χ3v) is 2.78. The first kappa shape index (κ1) is 17.8. The zero-order valence-corrected chi connectivity index (χ0v) is 12.5. The highest BCUT2D eigenvalue weighted by molar-refractivity contribution is 5.65. The van der Waals surface area contributed by atoms with Gasteiger partial charge in [0.05, 0.1) is 6.61 Å². The summed E-state index contributed by atoms with van der Waals surface area (Å²) in [6.45, 7) is 4.22. The van der Waals surface area contributed by atoms with Crippen LogP contribution in [0.1, 0.15) is 71.6 Å². The number of carbonyl (C=O) groups excluding carboxylic acids is 1. The Kier molecular flexibility index (Phi) is 13.9. The van der Waals surface area contributed by atoms with E-state index < -0.39 is 0 Å². The van der Waals surface area contributed by atoms with Crippen molar-refractivity contribution in [2.75, 3.05) is 6.61 Å². The SMILES string of the molecule is CCCCC=CC#CCCCCCCCOC(C)=O. The van der Waals surface area contributed by atoms with Crippen LogP contribution in [-0.2, 0) is 9.53 Å².